The zero-order valence-corrected chi connectivity index (χ0v) is 14.6. The summed E-state index contributed by atoms with van der Waals surface area (Å²) >= 11 is 1.48. The number of amides is 1. The topological polar surface area (TPSA) is 83.7 Å². The number of aliphatic carboxylic acids is 1. The summed E-state index contributed by atoms with van der Waals surface area (Å²) in [5.41, 5.74) is 1.58. The van der Waals surface area contributed by atoms with Gasteiger partial charge in [0.2, 0.25) is 5.91 Å². The first-order chi connectivity index (χ1) is 12.6. The van der Waals surface area contributed by atoms with E-state index in [1.807, 2.05) is 58.5 Å². The average Bonchev–Trinajstić information content (AvgIpc) is 3.25. The van der Waals surface area contributed by atoms with E-state index in [-0.39, 0.29) is 5.91 Å². The number of carboxylic acid groups (broad SMARTS) is 1. The van der Waals surface area contributed by atoms with Gasteiger partial charge >= 0.3 is 5.97 Å². The van der Waals surface area contributed by atoms with Gasteiger partial charge in [-0.2, -0.15) is 0 Å². The Morgan fingerprint density at radius 1 is 1.15 bits per heavy atom. The van der Waals surface area contributed by atoms with Crippen molar-refractivity contribution in [3.8, 4) is 11.3 Å². The van der Waals surface area contributed by atoms with Gasteiger partial charge in [-0.05, 0) is 12.8 Å². The van der Waals surface area contributed by atoms with Crippen molar-refractivity contribution in [1.82, 2.24) is 9.38 Å². The van der Waals surface area contributed by atoms with Gasteiger partial charge < -0.3 is 10.4 Å². The number of hydrogen-bond acceptors (Lipinski definition) is 4. The highest BCUT2D eigenvalue weighted by atomic mass is 32.1. The predicted molar refractivity (Wildman–Crippen MR) is 100 cm³/mol. The van der Waals surface area contributed by atoms with E-state index >= 15 is 0 Å². The van der Waals surface area contributed by atoms with Crippen molar-refractivity contribution >= 4 is 34.0 Å². The van der Waals surface area contributed by atoms with E-state index < -0.39 is 17.8 Å². The lowest BCUT2D eigenvalue weighted by atomic mass is 9.82. The van der Waals surface area contributed by atoms with Gasteiger partial charge in [-0.25, -0.2) is 4.98 Å². The van der Waals surface area contributed by atoms with Crippen molar-refractivity contribution in [2.75, 3.05) is 5.32 Å². The quantitative estimate of drug-likeness (QED) is 0.689. The molecule has 0 spiro atoms. The van der Waals surface area contributed by atoms with Crippen molar-refractivity contribution in [2.24, 2.45) is 11.8 Å². The number of fused-ring (bicyclic) bond motifs is 1. The van der Waals surface area contributed by atoms with Crippen LogP contribution in [-0.4, -0.2) is 26.4 Å². The maximum Gasteiger partial charge on any atom is 0.307 e. The molecule has 0 unspecified atom stereocenters. The molecule has 0 saturated heterocycles. The number of hydrogen-bond donors (Lipinski definition) is 2. The lowest BCUT2D eigenvalue weighted by molar-refractivity contribution is -0.146. The van der Waals surface area contributed by atoms with Gasteiger partial charge in [0, 0.05) is 17.1 Å². The van der Waals surface area contributed by atoms with Crippen LogP contribution in [0.5, 0.6) is 0 Å². The molecule has 26 heavy (non-hydrogen) atoms. The minimum absolute atomic E-state index is 0.285. The number of thiazole rings is 1. The first-order valence-corrected chi connectivity index (χ1v) is 9.22. The molecule has 132 valence electrons. The second-order valence-corrected chi connectivity index (χ2v) is 7.09. The van der Waals surface area contributed by atoms with Gasteiger partial charge in [-0.15, -0.1) is 11.3 Å². The number of carbonyl (C=O) groups excluding carboxylic acids is 1. The fourth-order valence-corrected chi connectivity index (χ4v) is 4.00. The number of carbonyl (C=O) groups is 2. The summed E-state index contributed by atoms with van der Waals surface area (Å²) in [6.45, 7) is 0. The molecule has 2 heterocycles. The number of carboxylic acids is 1. The molecule has 0 radical (unpaired) electrons. The molecule has 0 bridgehead atoms. The third-order valence-corrected chi connectivity index (χ3v) is 5.39. The highest BCUT2D eigenvalue weighted by Crippen LogP contribution is 2.33. The molecule has 1 amide bonds. The molecule has 2 aromatic heterocycles. The minimum atomic E-state index is -0.938. The van der Waals surface area contributed by atoms with E-state index in [9.17, 15) is 14.7 Å². The molecular formula is C19H17N3O3S. The van der Waals surface area contributed by atoms with Crippen molar-refractivity contribution < 1.29 is 14.7 Å². The molecule has 4 rings (SSSR count). The molecule has 6 nitrogen and oxygen atoms in total. The Balaban J connectivity index is 1.70. The van der Waals surface area contributed by atoms with Crippen LogP contribution in [-0.2, 0) is 9.59 Å². The molecule has 2 atom stereocenters. The second-order valence-electron chi connectivity index (χ2n) is 6.21. The smallest absolute Gasteiger partial charge is 0.307 e. The van der Waals surface area contributed by atoms with Crippen molar-refractivity contribution in [3.63, 3.8) is 0 Å². The van der Waals surface area contributed by atoms with Crippen LogP contribution in [0, 0.1) is 11.8 Å². The normalized spacial score (nSPS) is 19.5. The molecule has 0 saturated carbocycles. The molecule has 1 aliphatic rings. The number of imidazole rings is 1. The third kappa shape index (κ3) is 2.90. The molecule has 7 heteroatoms. The van der Waals surface area contributed by atoms with E-state index in [0.717, 1.165) is 10.5 Å². The highest BCUT2D eigenvalue weighted by Gasteiger charge is 2.34. The van der Waals surface area contributed by atoms with Crippen molar-refractivity contribution in [1.29, 1.82) is 0 Å². The van der Waals surface area contributed by atoms with Crippen LogP contribution in [0.3, 0.4) is 0 Å². The lowest BCUT2D eigenvalue weighted by Gasteiger charge is -2.24. The van der Waals surface area contributed by atoms with Crippen LogP contribution in [0.2, 0.25) is 0 Å². The number of anilines is 1. The number of nitrogens with zero attached hydrogens (tertiary/aromatic N) is 2. The summed E-state index contributed by atoms with van der Waals surface area (Å²) in [5, 5.41) is 14.3. The summed E-state index contributed by atoms with van der Waals surface area (Å²) in [5.74, 6) is -1.94. The van der Waals surface area contributed by atoms with E-state index in [2.05, 4.69) is 10.3 Å². The summed E-state index contributed by atoms with van der Waals surface area (Å²) in [4.78, 5) is 29.8. The number of benzene rings is 1. The summed E-state index contributed by atoms with van der Waals surface area (Å²) in [6, 6.07) is 9.63. The van der Waals surface area contributed by atoms with Crippen LogP contribution >= 0.6 is 11.3 Å². The van der Waals surface area contributed by atoms with Crippen LogP contribution in [0.1, 0.15) is 12.8 Å². The van der Waals surface area contributed by atoms with E-state index in [0.29, 0.717) is 24.4 Å². The number of rotatable bonds is 4. The molecule has 0 fully saturated rings. The van der Waals surface area contributed by atoms with Gasteiger partial charge in [0.25, 0.3) is 0 Å². The van der Waals surface area contributed by atoms with Crippen LogP contribution in [0.25, 0.3) is 16.2 Å². The Bertz CT molecular complexity index is 990. The van der Waals surface area contributed by atoms with Gasteiger partial charge in [0.15, 0.2) is 4.96 Å². The molecule has 1 aliphatic carbocycles. The van der Waals surface area contributed by atoms with Crippen LogP contribution < -0.4 is 5.32 Å². The molecule has 2 N–H and O–H groups in total. The van der Waals surface area contributed by atoms with Gasteiger partial charge in [-0.3, -0.25) is 14.0 Å². The Hall–Kier alpha value is -2.93. The predicted octanol–water partition coefficient (Wildman–Crippen LogP) is 3.67. The highest BCUT2D eigenvalue weighted by molar-refractivity contribution is 7.15. The maximum atomic E-state index is 12.9. The number of aromatic nitrogens is 2. The lowest BCUT2D eigenvalue weighted by Crippen LogP contribution is -2.35. The van der Waals surface area contributed by atoms with Gasteiger partial charge in [0.05, 0.1) is 11.8 Å². The van der Waals surface area contributed by atoms with E-state index in [4.69, 9.17) is 0 Å². The monoisotopic (exact) mass is 367 g/mol. The average molecular weight is 367 g/mol. The summed E-state index contributed by atoms with van der Waals surface area (Å²) < 4.78 is 1.83. The molecular weight excluding hydrogens is 350 g/mol. The minimum Gasteiger partial charge on any atom is -0.481 e. The summed E-state index contributed by atoms with van der Waals surface area (Å²) in [6.07, 6.45) is 6.35. The molecule has 1 aromatic carbocycles. The Labute approximate surface area is 153 Å². The van der Waals surface area contributed by atoms with E-state index in [1.165, 1.54) is 11.3 Å². The molecule has 0 aliphatic heterocycles. The summed E-state index contributed by atoms with van der Waals surface area (Å²) in [7, 11) is 0. The Morgan fingerprint density at radius 3 is 2.62 bits per heavy atom. The fraction of sp³-hybridized carbons (Fsp3) is 0.211. The van der Waals surface area contributed by atoms with Crippen LogP contribution in [0.4, 0.5) is 5.82 Å². The first kappa shape index (κ1) is 16.5. The Morgan fingerprint density at radius 2 is 1.88 bits per heavy atom. The second kappa shape index (κ2) is 6.76. The third-order valence-electron chi connectivity index (χ3n) is 4.64. The molecule has 3 aromatic rings. The number of allylic oxidation sites excluding steroid dienone is 2. The Kier molecular flexibility index (Phi) is 4.30. The van der Waals surface area contributed by atoms with Crippen molar-refractivity contribution in [3.05, 3.63) is 54.1 Å². The maximum absolute atomic E-state index is 12.9. The van der Waals surface area contributed by atoms with Gasteiger partial charge in [-0.1, -0.05) is 42.5 Å². The zero-order chi connectivity index (χ0) is 18.1. The van der Waals surface area contributed by atoms with Gasteiger partial charge in [0.1, 0.15) is 11.5 Å². The zero-order valence-electron chi connectivity index (χ0n) is 13.8. The first-order valence-electron chi connectivity index (χ1n) is 8.35. The fourth-order valence-electron chi connectivity index (χ4n) is 3.29. The standard InChI is InChI=1S/C19H17N3O3S/c23-17(13-8-4-5-9-14(13)18(24)25)21-16-15(12-6-2-1-3-7-12)20-19-22(16)10-11-26-19/h1-7,10-11,13-14H,8-9H2,(H,21,23)(H,24,25)/t13-,14-/m1/s1. The van der Waals surface area contributed by atoms with E-state index in [1.54, 1.807) is 0 Å². The largest absolute Gasteiger partial charge is 0.481 e. The van der Waals surface area contributed by atoms with Crippen molar-refractivity contribution in [2.45, 2.75) is 12.8 Å². The van der Waals surface area contributed by atoms with Crippen LogP contribution in [0.15, 0.2) is 54.1 Å². The number of nitrogens with one attached hydrogen (secondary N) is 1. The SMILES string of the molecule is O=C(O)[C@@H]1CC=CC[C@H]1C(=O)Nc1c(-c2ccccc2)nc2sccn12.